The van der Waals surface area contributed by atoms with Crippen molar-refractivity contribution >= 4 is 17.7 Å². The number of halogens is 1. The lowest BCUT2D eigenvalue weighted by molar-refractivity contribution is -0.111. The van der Waals surface area contributed by atoms with Gasteiger partial charge in [0.05, 0.1) is 19.4 Å². The van der Waals surface area contributed by atoms with E-state index in [0.29, 0.717) is 23.8 Å². The van der Waals surface area contributed by atoms with E-state index < -0.39 is 0 Å². The number of rotatable bonds is 6. The van der Waals surface area contributed by atoms with Gasteiger partial charge in [0, 0.05) is 12.1 Å². The standard InChI is InChI=1S/C18H18FNO3/c1-3-23-17-10-9-15(22-2)12-16(17)20-18(21)11-6-13-4-7-14(19)8-5-13/h4-12H,3H2,1-2H3,(H,20,21). The van der Waals surface area contributed by atoms with Crippen LogP contribution in [0.4, 0.5) is 10.1 Å². The molecule has 0 bridgehead atoms. The van der Waals surface area contributed by atoms with Gasteiger partial charge in [0.25, 0.3) is 0 Å². The minimum absolute atomic E-state index is 0.315. The molecule has 1 amide bonds. The van der Waals surface area contributed by atoms with Crippen molar-refractivity contribution in [2.45, 2.75) is 6.92 Å². The van der Waals surface area contributed by atoms with E-state index in [1.165, 1.54) is 18.2 Å². The predicted octanol–water partition coefficient (Wildman–Crippen LogP) is 3.88. The fourth-order valence-corrected chi connectivity index (χ4v) is 1.94. The number of hydrogen-bond donors (Lipinski definition) is 1. The third-order valence-corrected chi connectivity index (χ3v) is 3.04. The number of hydrogen-bond acceptors (Lipinski definition) is 3. The van der Waals surface area contributed by atoms with Gasteiger partial charge in [0.1, 0.15) is 17.3 Å². The number of methoxy groups -OCH3 is 1. The molecular formula is C18H18FNO3. The zero-order valence-corrected chi connectivity index (χ0v) is 13.0. The molecule has 0 heterocycles. The first-order valence-electron chi connectivity index (χ1n) is 7.18. The Kier molecular flexibility index (Phi) is 5.74. The van der Waals surface area contributed by atoms with Crippen LogP contribution in [0, 0.1) is 5.82 Å². The van der Waals surface area contributed by atoms with Gasteiger partial charge < -0.3 is 14.8 Å². The number of ether oxygens (including phenoxy) is 2. The summed E-state index contributed by atoms with van der Waals surface area (Å²) < 4.78 is 23.5. The Morgan fingerprint density at radius 1 is 1.22 bits per heavy atom. The molecule has 0 aliphatic heterocycles. The normalized spacial score (nSPS) is 10.6. The summed E-state index contributed by atoms with van der Waals surface area (Å²) in [6, 6.07) is 11.1. The maximum absolute atomic E-state index is 12.8. The number of amides is 1. The zero-order chi connectivity index (χ0) is 16.7. The second kappa shape index (κ2) is 7.98. The number of nitrogens with one attached hydrogen (secondary N) is 1. The molecule has 0 unspecified atom stereocenters. The summed E-state index contributed by atoms with van der Waals surface area (Å²) in [7, 11) is 1.55. The fourth-order valence-electron chi connectivity index (χ4n) is 1.94. The van der Waals surface area contributed by atoms with Gasteiger partial charge in [0.15, 0.2) is 0 Å². The summed E-state index contributed by atoms with van der Waals surface area (Å²) >= 11 is 0. The van der Waals surface area contributed by atoms with E-state index >= 15 is 0 Å². The molecule has 0 radical (unpaired) electrons. The fraction of sp³-hybridized carbons (Fsp3) is 0.167. The molecule has 2 aromatic carbocycles. The Morgan fingerprint density at radius 3 is 2.61 bits per heavy atom. The molecule has 5 heteroatoms. The topological polar surface area (TPSA) is 47.6 Å². The lowest BCUT2D eigenvalue weighted by Gasteiger charge is -2.12. The van der Waals surface area contributed by atoms with E-state index in [9.17, 15) is 9.18 Å². The van der Waals surface area contributed by atoms with Gasteiger partial charge in [-0.3, -0.25) is 4.79 Å². The van der Waals surface area contributed by atoms with Crippen LogP contribution in [0.3, 0.4) is 0 Å². The maximum atomic E-state index is 12.8. The van der Waals surface area contributed by atoms with Gasteiger partial charge in [-0.2, -0.15) is 0 Å². The van der Waals surface area contributed by atoms with Gasteiger partial charge in [-0.15, -0.1) is 0 Å². The number of benzene rings is 2. The second-order valence-electron chi connectivity index (χ2n) is 4.67. The number of carbonyl (C=O) groups excluding carboxylic acids is 1. The smallest absolute Gasteiger partial charge is 0.248 e. The van der Waals surface area contributed by atoms with Crippen LogP contribution in [-0.2, 0) is 4.79 Å². The molecule has 0 fully saturated rings. The zero-order valence-electron chi connectivity index (χ0n) is 13.0. The van der Waals surface area contributed by atoms with Crippen molar-refractivity contribution in [2.75, 3.05) is 19.0 Å². The summed E-state index contributed by atoms with van der Waals surface area (Å²) in [4.78, 5) is 12.0. The first kappa shape index (κ1) is 16.5. The minimum Gasteiger partial charge on any atom is -0.497 e. The van der Waals surface area contributed by atoms with Crippen LogP contribution in [0.15, 0.2) is 48.5 Å². The van der Waals surface area contributed by atoms with E-state index in [0.717, 1.165) is 5.56 Å². The van der Waals surface area contributed by atoms with Crippen LogP contribution >= 0.6 is 0 Å². The first-order valence-corrected chi connectivity index (χ1v) is 7.18. The average Bonchev–Trinajstić information content (AvgIpc) is 2.56. The molecule has 0 aromatic heterocycles. The summed E-state index contributed by atoms with van der Waals surface area (Å²) in [6.45, 7) is 2.35. The lowest BCUT2D eigenvalue weighted by Crippen LogP contribution is -2.09. The molecular weight excluding hydrogens is 297 g/mol. The van der Waals surface area contributed by atoms with Crippen LogP contribution in [0.5, 0.6) is 11.5 Å². The molecule has 0 atom stereocenters. The van der Waals surface area contributed by atoms with Gasteiger partial charge in [-0.1, -0.05) is 12.1 Å². The molecule has 1 N–H and O–H groups in total. The van der Waals surface area contributed by atoms with E-state index in [-0.39, 0.29) is 11.7 Å². The maximum Gasteiger partial charge on any atom is 0.248 e. The Balaban J connectivity index is 2.11. The third-order valence-electron chi connectivity index (χ3n) is 3.04. The Hall–Kier alpha value is -2.82. The summed E-state index contributed by atoms with van der Waals surface area (Å²) in [5, 5.41) is 2.75. The highest BCUT2D eigenvalue weighted by Gasteiger charge is 2.07. The molecule has 2 aromatic rings. The summed E-state index contributed by atoms with van der Waals surface area (Å²) in [5.41, 5.74) is 1.26. The molecule has 23 heavy (non-hydrogen) atoms. The van der Waals surface area contributed by atoms with E-state index in [1.807, 2.05) is 6.92 Å². The quantitative estimate of drug-likeness (QED) is 0.823. The van der Waals surface area contributed by atoms with Crippen molar-refractivity contribution in [3.63, 3.8) is 0 Å². The monoisotopic (exact) mass is 315 g/mol. The largest absolute Gasteiger partial charge is 0.497 e. The van der Waals surface area contributed by atoms with Crippen molar-refractivity contribution in [1.82, 2.24) is 0 Å². The molecule has 0 saturated carbocycles. The molecule has 2 rings (SSSR count). The Bertz CT molecular complexity index is 696. The molecule has 4 nitrogen and oxygen atoms in total. The van der Waals surface area contributed by atoms with Crippen molar-refractivity contribution in [3.8, 4) is 11.5 Å². The lowest BCUT2D eigenvalue weighted by atomic mass is 10.2. The summed E-state index contributed by atoms with van der Waals surface area (Å²) in [6.07, 6.45) is 2.98. The Labute approximate surface area is 134 Å². The van der Waals surface area contributed by atoms with Gasteiger partial charge in [-0.25, -0.2) is 4.39 Å². The third kappa shape index (κ3) is 4.85. The minimum atomic E-state index is -0.316. The van der Waals surface area contributed by atoms with Crippen LogP contribution in [0.25, 0.3) is 6.08 Å². The van der Waals surface area contributed by atoms with Crippen LogP contribution < -0.4 is 14.8 Å². The van der Waals surface area contributed by atoms with Crippen molar-refractivity contribution in [3.05, 3.63) is 59.9 Å². The van der Waals surface area contributed by atoms with Crippen molar-refractivity contribution < 1.29 is 18.7 Å². The highest BCUT2D eigenvalue weighted by atomic mass is 19.1. The van der Waals surface area contributed by atoms with Crippen molar-refractivity contribution in [2.24, 2.45) is 0 Å². The van der Waals surface area contributed by atoms with Gasteiger partial charge in [-0.05, 0) is 42.8 Å². The van der Waals surface area contributed by atoms with E-state index in [2.05, 4.69) is 5.32 Å². The van der Waals surface area contributed by atoms with E-state index in [4.69, 9.17) is 9.47 Å². The molecule has 0 aliphatic rings. The SMILES string of the molecule is CCOc1ccc(OC)cc1NC(=O)C=Cc1ccc(F)cc1. The predicted molar refractivity (Wildman–Crippen MR) is 88.2 cm³/mol. The molecule has 0 aliphatic carbocycles. The van der Waals surface area contributed by atoms with E-state index in [1.54, 1.807) is 43.5 Å². The van der Waals surface area contributed by atoms with Crippen LogP contribution in [0.1, 0.15) is 12.5 Å². The van der Waals surface area contributed by atoms with Gasteiger partial charge in [0.2, 0.25) is 5.91 Å². The highest BCUT2D eigenvalue weighted by molar-refractivity contribution is 6.02. The highest BCUT2D eigenvalue weighted by Crippen LogP contribution is 2.29. The molecule has 120 valence electrons. The molecule has 0 saturated heterocycles. The average molecular weight is 315 g/mol. The van der Waals surface area contributed by atoms with Gasteiger partial charge >= 0.3 is 0 Å². The van der Waals surface area contributed by atoms with Crippen LogP contribution in [0.2, 0.25) is 0 Å². The Morgan fingerprint density at radius 2 is 1.96 bits per heavy atom. The number of carbonyl (C=O) groups is 1. The van der Waals surface area contributed by atoms with Crippen molar-refractivity contribution in [1.29, 1.82) is 0 Å². The number of anilines is 1. The first-order chi connectivity index (χ1) is 11.1. The molecule has 0 spiro atoms. The van der Waals surface area contributed by atoms with Crippen LogP contribution in [-0.4, -0.2) is 19.6 Å². The summed E-state index contributed by atoms with van der Waals surface area (Å²) in [5.74, 6) is 0.552. The second-order valence-corrected chi connectivity index (χ2v) is 4.67.